The van der Waals surface area contributed by atoms with Crippen molar-refractivity contribution in [2.24, 2.45) is 17.3 Å². The van der Waals surface area contributed by atoms with Crippen LogP contribution < -0.4 is 0 Å². The number of carbonyl (C=O) groups excluding carboxylic acids is 1. The van der Waals surface area contributed by atoms with Crippen molar-refractivity contribution >= 4 is 29.1 Å². The number of amides is 1. The van der Waals surface area contributed by atoms with Crippen LogP contribution in [0.5, 0.6) is 0 Å². The predicted octanol–water partition coefficient (Wildman–Crippen LogP) is 2.67. The van der Waals surface area contributed by atoms with E-state index in [2.05, 4.69) is 13.8 Å². The first kappa shape index (κ1) is 11.9. The lowest BCUT2D eigenvalue weighted by molar-refractivity contribution is -0.130. The zero-order valence-corrected chi connectivity index (χ0v) is 10.4. The van der Waals surface area contributed by atoms with Crippen molar-refractivity contribution in [3.63, 3.8) is 0 Å². The van der Waals surface area contributed by atoms with Crippen molar-refractivity contribution in [3.05, 3.63) is 10.6 Å². The highest BCUT2D eigenvalue weighted by molar-refractivity contribution is 6.55. The summed E-state index contributed by atoms with van der Waals surface area (Å²) >= 11 is 11.2. The average Bonchev–Trinajstić information content (AvgIpc) is 2.50. The lowest BCUT2D eigenvalue weighted by atomic mass is 10.1. The van der Waals surface area contributed by atoms with Gasteiger partial charge in [0, 0.05) is 14.1 Å². The molecule has 1 rings (SSSR count). The molecule has 1 fully saturated rings. The first-order valence-electron chi connectivity index (χ1n) is 4.52. The van der Waals surface area contributed by atoms with Crippen LogP contribution in [0.3, 0.4) is 0 Å². The first-order valence-corrected chi connectivity index (χ1v) is 5.28. The largest absolute Gasteiger partial charge is 0.349 e. The maximum Gasteiger partial charge on any atom is 0.226 e. The summed E-state index contributed by atoms with van der Waals surface area (Å²) in [5, 5.41) is 0. The van der Waals surface area contributed by atoms with Gasteiger partial charge in [0.15, 0.2) is 0 Å². The molecule has 0 radical (unpaired) electrons. The van der Waals surface area contributed by atoms with Crippen LogP contribution in [0.2, 0.25) is 0 Å². The fourth-order valence-electron chi connectivity index (χ4n) is 1.87. The average molecular weight is 236 g/mol. The van der Waals surface area contributed by atoms with Crippen molar-refractivity contribution in [2.75, 3.05) is 14.1 Å². The minimum absolute atomic E-state index is 0.0175. The summed E-state index contributed by atoms with van der Waals surface area (Å²) in [6.07, 6.45) is 1.76. The Balaban J connectivity index is 2.76. The smallest absolute Gasteiger partial charge is 0.226 e. The molecule has 0 N–H and O–H groups in total. The van der Waals surface area contributed by atoms with Gasteiger partial charge in [-0.3, -0.25) is 4.79 Å². The summed E-state index contributed by atoms with van der Waals surface area (Å²) in [5.74, 6) is 0.332. The van der Waals surface area contributed by atoms with E-state index >= 15 is 0 Å². The van der Waals surface area contributed by atoms with Gasteiger partial charge in [0.2, 0.25) is 5.91 Å². The Morgan fingerprint density at radius 1 is 1.36 bits per heavy atom. The molecule has 0 aromatic carbocycles. The minimum atomic E-state index is -0.0175. The van der Waals surface area contributed by atoms with Gasteiger partial charge in [-0.05, 0) is 17.4 Å². The van der Waals surface area contributed by atoms with Crippen LogP contribution in [0, 0.1) is 17.3 Å². The van der Waals surface area contributed by atoms with Crippen molar-refractivity contribution in [2.45, 2.75) is 13.8 Å². The lowest BCUT2D eigenvalue weighted by Crippen LogP contribution is -2.25. The normalized spacial score (nSPS) is 28.1. The molecule has 0 bridgehead atoms. The Hall–Kier alpha value is -0.210. The molecule has 0 unspecified atom stereocenters. The van der Waals surface area contributed by atoms with Gasteiger partial charge < -0.3 is 4.90 Å². The summed E-state index contributed by atoms with van der Waals surface area (Å²) in [5.41, 5.74) is -0.0175. The van der Waals surface area contributed by atoms with Crippen LogP contribution in [0.25, 0.3) is 0 Å². The van der Waals surface area contributed by atoms with Crippen LogP contribution in [0.15, 0.2) is 10.6 Å². The Labute approximate surface area is 94.9 Å². The van der Waals surface area contributed by atoms with E-state index < -0.39 is 0 Å². The predicted molar refractivity (Wildman–Crippen MR) is 59.2 cm³/mol. The fourth-order valence-corrected chi connectivity index (χ4v) is 2.15. The highest BCUT2D eigenvalue weighted by Gasteiger charge is 2.60. The maximum atomic E-state index is 11.7. The van der Waals surface area contributed by atoms with Gasteiger partial charge in [0.1, 0.15) is 4.49 Å². The SMILES string of the molecule is CN(C)C(=O)[C@H]1[C@H](C=C(Cl)Cl)C1(C)C. The van der Waals surface area contributed by atoms with E-state index in [4.69, 9.17) is 23.2 Å². The second kappa shape index (κ2) is 3.74. The summed E-state index contributed by atoms with van der Waals surface area (Å²) in [6.45, 7) is 4.11. The van der Waals surface area contributed by atoms with Gasteiger partial charge in [0.25, 0.3) is 0 Å². The van der Waals surface area contributed by atoms with Crippen molar-refractivity contribution in [1.29, 1.82) is 0 Å². The Bertz CT molecular complexity index is 280. The molecule has 1 amide bonds. The quantitative estimate of drug-likeness (QED) is 0.721. The molecule has 1 saturated carbocycles. The van der Waals surface area contributed by atoms with Crippen LogP contribution in [-0.2, 0) is 4.79 Å². The molecular formula is C10H15Cl2NO. The molecule has 0 heterocycles. The highest BCUT2D eigenvalue weighted by atomic mass is 35.5. The van der Waals surface area contributed by atoms with E-state index in [0.29, 0.717) is 0 Å². The summed E-state index contributed by atoms with van der Waals surface area (Å²) in [6, 6.07) is 0. The topological polar surface area (TPSA) is 20.3 Å². The van der Waals surface area contributed by atoms with Crippen LogP contribution >= 0.6 is 23.2 Å². The third-order valence-corrected chi connectivity index (χ3v) is 3.18. The van der Waals surface area contributed by atoms with E-state index in [1.807, 2.05) is 0 Å². The number of rotatable bonds is 2. The van der Waals surface area contributed by atoms with E-state index in [1.165, 1.54) is 0 Å². The van der Waals surface area contributed by atoms with Crippen molar-refractivity contribution in [3.8, 4) is 0 Å². The van der Waals surface area contributed by atoms with E-state index in [-0.39, 0.29) is 27.6 Å². The van der Waals surface area contributed by atoms with Gasteiger partial charge in [-0.25, -0.2) is 0 Å². The highest BCUT2D eigenvalue weighted by Crippen LogP contribution is 2.60. The molecule has 0 spiro atoms. The Kier molecular flexibility index (Phi) is 3.17. The van der Waals surface area contributed by atoms with Crippen LogP contribution in [-0.4, -0.2) is 24.9 Å². The van der Waals surface area contributed by atoms with Gasteiger partial charge in [-0.1, -0.05) is 37.0 Å². The van der Waals surface area contributed by atoms with Crippen molar-refractivity contribution in [1.82, 2.24) is 4.90 Å². The molecule has 80 valence electrons. The molecule has 0 aromatic rings. The number of carbonyl (C=O) groups is 1. The molecule has 2 atom stereocenters. The van der Waals surface area contributed by atoms with E-state index in [9.17, 15) is 4.79 Å². The van der Waals surface area contributed by atoms with E-state index in [0.717, 1.165) is 0 Å². The third kappa shape index (κ3) is 2.06. The molecule has 4 heteroatoms. The van der Waals surface area contributed by atoms with Crippen molar-refractivity contribution < 1.29 is 4.79 Å². The van der Waals surface area contributed by atoms with Crippen LogP contribution in [0.1, 0.15) is 13.8 Å². The molecule has 2 nitrogen and oxygen atoms in total. The third-order valence-electron chi connectivity index (χ3n) is 2.92. The van der Waals surface area contributed by atoms with Gasteiger partial charge in [0.05, 0.1) is 5.92 Å². The molecular weight excluding hydrogens is 221 g/mol. The van der Waals surface area contributed by atoms with Gasteiger partial charge in [-0.2, -0.15) is 0 Å². The zero-order valence-electron chi connectivity index (χ0n) is 8.84. The Morgan fingerprint density at radius 2 is 1.86 bits per heavy atom. The molecule has 1 aliphatic carbocycles. The number of nitrogens with zero attached hydrogens (tertiary/aromatic N) is 1. The molecule has 0 aromatic heterocycles. The van der Waals surface area contributed by atoms with Crippen LogP contribution in [0.4, 0.5) is 0 Å². The zero-order chi connectivity index (χ0) is 11.1. The molecule has 1 aliphatic rings. The monoisotopic (exact) mass is 235 g/mol. The lowest BCUT2D eigenvalue weighted by Gasteiger charge is -2.10. The second-order valence-corrected chi connectivity index (χ2v) is 5.52. The standard InChI is InChI=1S/C10H15Cl2NO/c1-10(2)6(5-7(11)12)8(10)9(14)13(3)4/h5-6,8H,1-4H3/t6-,8+/m0/s1. The summed E-state index contributed by atoms with van der Waals surface area (Å²) in [4.78, 5) is 13.3. The summed E-state index contributed by atoms with van der Waals surface area (Å²) in [7, 11) is 3.53. The first-order chi connectivity index (χ1) is 6.28. The number of hydrogen-bond acceptors (Lipinski definition) is 1. The number of halogens is 2. The maximum absolute atomic E-state index is 11.7. The molecule has 0 saturated heterocycles. The number of hydrogen-bond donors (Lipinski definition) is 0. The second-order valence-electron chi connectivity index (χ2n) is 4.51. The molecule has 14 heavy (non-hydrogen) atoms. The molecule has 0 aliphatic heterocycles. The van der Waals surface area contributed by atoms with Gasteiger partial charge >= 0.3 is 0 Å². The number of allylic oxidation sites excluding steroid dienone is 1. The minimum Gasteiger partial charge on any atom is -0.349 e. The Morgan fingerprint density at radius 3 is 2.21 bits per heavy atom. The van der Waals surface area contributed by atoms with E-state index in [1.54, 1.807) is 25.1 Å². The van der Waals surface area contributed by atoms with Gasteiger partial charge in [-0.15, -0.1) is 0 Å². The fraction of sp³-hybridized carbons (Fsp3) is 0.700. The summed E-state index contributed by atoms with van der Waals surface area (Å²) < 4.78 is 0.247.